The van der Waals surface area contributed by atoms with Crippen LogP contribution in [0, 0.1) is 5.92 Å². The lowest BCUT2D eigenvalue weighted by Gasteiger charge is -2.21. The average molecular weight is 231 g/mol. The Morgan fingerprint density at radius 1 is 1.29 bits per heavy atom. The van der Waals surface area contributed by atoms with Gasteiger partial charge in [-0.05, 0) is 37.0 Å². The van der Waals surface area contributed by atoms with Crippen LogP contribution in [0.1, 0.15) is 54.9 Å². The van der Waals surface area contributed by atoms with Gasteiger partial charge < -0.3 is 5.73 Å². The number of hydrogen-bond acceptors (Lipinski definition) is 2. The molecule has 2 N–H and O–H groups in total. The monoisotopic (exact) mass is 231 g/mol. The van der Waals surface area contributed by atoms with Crippen LogP contribution in [0.2, 0.25) is 0 Å². The van der Waals surface area contributed by atoms with Gasteiger partial charge in [0.15, 0.2) is 5.78 Å². The number of Topliss-reactive ketones (excluding diaryl/α,β-unsaturated/α-hetero) is 1. The minimum absolute atomic E-state index is 0.207. The Labute approximate surface area is 103 Å². The molecule has 1 aromatic rings. The van der Waals surface area contributed by atoms with Gasteiger partial charge in [-0.25, -0.2) is 0 Å². The first kappa shape index (κ1) is 12.2. The minimum atomic E-state index is 0.207. The number of carbonyl (C=O) groups excluding carboxylic acids is 1. The molecule has 1 saturated carbocycles. The highest BCUT2D eigenvalue weighted by molar-refractivity contribution is 6.02. The normalized spacial score (nSPS) is 17.0. The molecule has 0 atom stereocenters. The fourth-order valence-electron chi connectivity index (χ4n) is 2.64. The van der Waals surface area contributed by atoms with E-state index in [-0.39, 0.29) is 11.7 Å². The maximum absolute atomic E-state index is 12.3. The van der Waals surface area contributed by atoms with Gasteiger partial charge in [0.05, 0.1) is 0 Å². The molecule has 0 bridgehead atoms. The van der Waals surface area contributed by atoms with Crippen LogP contribution < -0.4 is 5.73 Å². The molecular formula is C15H21NO. The lowest BCUT2D eigenvalue weighted by molar-refractivity contribution is 0.0890. The summed E-state index contributed by atoms with van der Waals surface area (Å²) in [6.07, 6.45) is 6.67. The summed E-state index contributed by atoms with van der Waals surface area (Å²) in [5.74, 6) is 0.461. The maximum atomic E-state index is 12.3. The first-order valence-electron chi connectivity index (χ1n) is 6.65. The largest absolute Gasteiger partial charge is 0.398 e. The predicted molar refractivity (Wildman–Crippen MR) is 71.1 cm³/mol. The number of ketones is 1. The van der Waals surface area contributed by atoms with Crippen molar-refractivity contribution in [3.8, 4) is 0 Å². The Hall–Kier alpha value is -1.31. The molecule has 1 fully saturated rings. The summed E-state index contributed by atoms with van der Waals surface area (Å²) in [4.78, 5) is 12.3. The Morgan fingerprint density at radius 2 is 2.00 bits per heavy atom. The van der Waals surface area contributed by atoms with E-state index >= 15 is 0 Å². The van der Waals surface area contributed by atoms with E-state index in [1.165, 1.54) is 24.8 Å². The fourth-order valence-corrected chi connectivity index (χ4v) is 2.64. The summed E-state index contributed by atoms with van der Waals surface area (Å²) >= 11 is 0. The molecule has 0 aliphatic heterocycles. The Kier molecular flexibility index (Phi) is 3.82. The van der Waals surface area contributed by atoms with Crippen LogP contribution in [0.5, 0.6) is 0 Å². The molecule has 2 rings (SSSR count). The highest BCUT2D eigenvalue weighted by Gasteiger charge is 2.23. The Balaban J connectivity index is 2.18. The van der Waals surface area contributed by atoms with Gasteiger partial charge >= 0.3 is 0 Å². The highest BCUT2D eigenvalue weighted by atomic mass is 16.1. The molecular weight excluding hydrogens is 210 g/mol. The summed E-state index contributed by atoms with van der Waals surface area (Å²) < 4.78 is 0. The summed E-state index contributed by atoms with van der Waals surface area (Å²) in [5.41, 5.74) is 8.56. The van der Waals surface area contributed by atoms with Crippen LogP contribution in [0.3, 0.4) is 0 Å². The molecule has 17 heavy (non-hydrogen) atoms. The van der Waals surface area contributed by atoms with Gasteiger partial charge in [-0.1, -0.05) is 32.3 Å². The number of anilines is 1. The molecule has 0 unspecified atom stereocenters. The van der Waals surface area contributed by atoms with E-state index in [1.807, 2.05) is 18.2 Å². The van der Waals surface area contributed by atoms with E-state index in [9.17, 15) is 4.79 Å². The SMILES string of the molecule is CCc1ccc(C(=O)C2CCCCC2)c(N)c1. The van der Waals surface area contributed by atoms with Gasteiger partial charge in [-0.2, -0.15) is 0 Å². The fraction of sp³-hybridized carbons (Fsp3) is 0.533. The molecule has 1 aliphatic carbocycles. The van der Waals surface area contributed by atoms with Crippen molar-refractivity contribution < 1.29 is 4.79 Å². The minimum Gasteiger partial charge on any atom is -0.398 e. The molecule has 0 heterocycles. The van der Waals surface area contributed by atoms with Crippen molar-refractivity contribution in [2.24, 2.45) is 5.92 Å². The number of nitrogen functional groups attached to an aromatic ring is 1. The van der Waals surface area contributed by atoms with Crippen molar-refractivity contribution in [3.63, 3.8) is 0 Å². The van der Waals surface area contributed by atoms with Crippen LogP contribution in [0.25, 0.3) is 0 Å². The lowest BCUT2D eigenvalue weighted by atomic mass is 9.83. The number of nitrogens with two attached hydrogens (primary N) is 1. The smallest absolute Gasteiger partial charge is 0.168 e. The third-order valence-corrected chi connectivity index (χ3v) is 3.77. The zero-order valence-corrected chi connectivity index (χ0v) is 10.5. The molecule has 92 valence electrons. The number of hydrogen-bond donors (Lipinski definition) is 1. The van der Waals surface area contributed by atoms with E-state index in [4.69, 9.17) is 5.73 Å². The average Bonchev–Trinajstić information content (AvgIpc) is 2.39. The van der Waals surface area contributed by atoms with Crippen molar-refractivity contribution in [2.45, 2.75) is 45.4 Å². The van der Waals surface area contributed by atoms with Crippen molar-refractivity contribution >= 4 is 11.5 Å². The van der Waals surface area contributed by atoms with Crippen molar-refractivity contribution in [2.75, 3.05) is 5.73 Å². The Bertz CT molecular complexity index is 405. The molecule has 0 aromatic heterocycles. The van der Waals surface area contributed by atoms with Crippen LogP contribution in [-0.2, 0) is 6.42 Å². The first-order valence-corrected chi connectivity index (χ1v) is 6.65. The van der Waals surface area contributed by atoms with Gasteiger partial charge in [0.25, 0.3) is 0 Å². The van der Waals surface area contributed by atoms with Gasteiger partial charge in [-0.3, -0.25) is 4.79 Å². The zero-order chi connectivity index (χ0) is 12.3. The molecule has 0 saturated heterocycles. The van der Waals surface area contributed by atoms with E-state index in [0.29, 0.717) is 5.69 Å². The molecule has 2 heteroatoms. The van der Waals surface area contributed by atoms with Crippen LogP contribution in [-0.4, -0.2) is 5.78 Å². The van der Waals surface area contributed by atoms with Crippen LogP contribution in [0.15, 0.2) is 18.2 Å². The van der Waals surface area contributed by atoms with E-state index in [1.54, 1.807) is 0 Å². The summed E-state index contributed by atoms with van der Waals surface area (Å²) in [6.45, 7) is 2.09. The molecule has 1 aromatic carbocycles. The van der Waals surface area contributed by atoms with Gasteiger partial charge in [0.2, 0.25) is 0 Å². The standard InChI is InChI=1S/C15H21NO/c1-2-11-8-9-13(14(16)10-11)15(17)12-6-4-3-5-7-12/h8-10,12H,2-7,16H2,1H3. The second-order valence-corrected chi connectivity index (χ2v) is 4.97. The van der Waals surface area contributed by atoms with Gasteiger partial charge in [0, 0.05) is 17.2 Å². The topological polar surface area (TPSA) is 43.1 Å². The Morgan fingerprint density at radius 3 is 2.59 bits per heavy atom. The van der Waals surface area contributed by atoms with Gasteiger partial charge in [-0.15, -0.1) is 0 Å². The third kappa shape index (κ3) is 2.68. The number of benzene rings is 1. The number of rotatable bonds is 3. The summed E-state index contributed by atoms with van der Waals surface area (Å²) in [6, 6.07) is 5.87. The molecule has 0 amide bonds. The van der Waals surface area contributed by atoms with Gasteiger partial charge in [0.1, 0.15) is 0 Å². The van der Waals surface area contributed by atoms with Crippen molar-refractivity contribution in [1.29, 1.82) is 0 Å². The third-order valence-electron chi connectivity index (χ3n) is 3.77. The maximum Gasteiger partial charge on any atom is 0.168 e. The predicted octanol–water partition coefficient (Wildman–Crippen LogP) is 3.59. The van der Waals surface area contributed by atoms with E-state index in [2.05, 4.69) is 6.92 Å². The van der Waals surface area contributed by atoms with E-state index in [0.717, 1.165) is 24.8 Å². The number of aryl methyl sites for hydroxylation is 1. The summed E-state index contributed by atoms with van der Waals surface area (Å²) in [7, 11) is 0. The van der Waals surface area contributed by atoms with Crippen LogP contribution >= 0.6 is 0 Å². The molecule has 2 nitrogen and oxygen atoms in total. The molecule has 0 radical (unpaired) electrons. The second-order valence-electron chi connectivity index (χ2n) is 4.97. The van der Waals surface area contributed by atoms with Crippen molar-refractivity contribution in [1.82, 2.24) is 0 Å². The quantitative estimate of drug-likeness (QED) is 0.638. The lowest BCUT2D eigenvalue weighted by Crippen LogP contribution is -2.19. The second kappa shape index (κ2) is 5.35. The zero-order valence-electron chi connectivity index (χ0n) is 10.5. The van der Waals surface area contributed by atoms with Crippen LogP contribution in [0.4, 0.5) is 5.69 Å². The van der Waals surface area contributed by atoms with E-state index < -0.39 is 0 Å². The highest BCUT2D eigenvalue weighted by Crippen LogP contribution is 2.28. The van der Waals surface area contributed by atoms with Crippen molar-refractivity contribution in [3.05, 3.63) is 29.3 Å². The first-order chi connectivity index (χ1) is 8.22. The molecule has 1 aliphatic rings. The summed E-state index contributed by atoms with van der Waals surface area (Å²) in [5, 5.41) is 0. The number of carbonyl (C=O) groups is 1. The molecule has 0 spiro atoms.